The van der Waals surface area contributed by atoms with Gasteiger partial charge in [-0.25, -0.2) is 9.97 Å². The Hall–Kier alpha value is -2.08. The van der Waals surface area contributed by atoms with E-state index in [9.17, 15) is 4.79 Å². The molecule has 0 fully saturated rings. The zero-order valence-corrected chi connectivity index (χ0v) is 13.8. The molecule has 0 radical (unpaired) electrons. The fraction of sp³-hybridized carbons (Fsp3) is 0.312. The first kappa shape index (κ1) is 16.3. The summed E-state index contributed by atoms with van der Waals surface area (Å²) in [5.74, 6) is 0.999. The van der Waals surface area contributed by atoms with Crippen molar-refractivity contribution in [3.8, 4) is 0 Å². The van der Waals surface area contributed by atoms with E-state index in [4.69, 9.17) is 5.73 Å². The van der Waals surface area contributed by atoms with Crippen LogP contribution in [0.15, 0.2) is 35.5 Å². The van der Waals surface area contributed by atoms with Gasteiger partial charge in [0.2, 0.25) is 5.91 Å². The van der Waals surface area contributed by atoms with Crippen molar-refractivity contribution in [2.75, 3.05) is 16.8 Å². The third-order valence-electron chi connectivity index (χ3n) is 3.02. The van der Waals surface area contributed by atoms with Gasteiger partial charge in [-0.05, 0) is 30.5 Å². The number of amides is 1. The van der Waals surface area contributed by atoms with Crippen molar-refractivity contribution >= 4 is 29.2 Å². The van der Waals surface area contributed by atoms with Gasteiger partial charge in [0.05, 0.1) is 5.75 Å². The number of carbonyl (C=O) groups excluding carboxylic acids is 1. The molecule has 0 atom stereocenters. The maximum Gasteiger partial charge on any atom is 0.234 e. The summed E-state index contributed by atoms with van der Waals surface area (Å²) in [7, 11) is 0. The largest absolute Gasteiger partial charge is 0.384 e. The van der Waals surface area contributed by atoms with E-state index in [1.165, 1.54) is 17.3 Å². The summed E-state index contributed by atoms with van der Waals surface area (Å²) in [6, 6.07) is 9.58. The molecular formula is C16H20N4OS. The van der Waals surface area contributed by atoms with Crippen LogP contribution in [0.1, 0.15) is 31.0 Å². The predicted octanol–water partition coefficient (Wildman–Crippen LogP) is 3.22. The molecule has 0 spiro atoms. The van der Waals surface area contributed by atoms with E-state index >= 15 is 0 Å². The molecule has 1 amide bonds. The third kappa shape index (κ3) is 4.73. The van der Waals surface area contributed by atoms with E-state index in [2.05, 4.69) is 35.2 Å². The van der Waals surface area contributed by atoms with Gasteiger partial charge >= 0.3 is 0 Å². The van der Waals surface area contributed by atoms with E-state index in [0.717, 1.165) is 11.4 Å². The Labute approximate surface area is 134 Å². The number of aryl methyl sites for hydroxylation is 1. The highest BCUT2D eigenvalue weighted by Crippen LogP contribution is 2.19. The Kier molecular flexibility index (Phi) is 5.38. The van der Waals surface area contributed by atoms with Gasteiger partial charge in [0.1, 0.15) is 5.82 Å². The number of benzene rings is 1. The quantitative estimate of drug-likeness (QED) is 0.654. The number of nitrogens with one attached hydrogen (secondary N) is 1. The van der Waals surface area contributed by atoms with Crippen molar-refractivity contribution in [2.45, 2.75) is 31.8 Å². The molecule has 22 heavy (non-hydrogen) atoms. The van der Waals surface area contributed by atoms with Crippen LogP contribution in [0.2, 0.25) is 0 Å². The number of nitrogen functional groups attached to an aromatic ring is 1. The zero-order valence-electron chi connectivity index (χ0n) is 13.0. The molecule has 0 aliphatic rings. The first-order valence-corrected chi connectivity index (χ1v) is 8.06. The number of aromatic nitrogens is 2. The van der Waals surface area contributed by atoms with Crippen molar-refractivity contribution in [1.29, 1.82) is 0 Å². The van der Waals surface area contributed by atoms with Gasteiger partial charge in [0, 0.05) is 17.4 Å². The maximum absolute atomic E-state index is 12.0. The van der Waals surface area contributed by atoms with Crippen LogP contribution in [-0.4, -0.2) is 21.6 Å². The van der Waals surface area contributed by atoms with Gasteiger partial charge in [0.25, 0.3) is 0 Å². The highest BCUT2D eigenvalue weighted by atomic mass is 32.2. The Balaban J connectivity index is 1.94. The minimum absolute atomic E-state index is 0.0883. The lowest BCUT2D eigenvalue weighted by atomic mass is 10.0. The average molecular weight is 316 g/mol. The van der Waals surface area contributed by atoms with Gasteiger partial charge < -0.3 is 11.1 Å². The lowest BCUT2D eigenvalue weighted by Gasteiger charge is -2.09. The molecule has 0 saturated carbocycles. The van der Waals surface area contributed by atoms with Crippen LogP contribution in [0.3, 0.4) is 0 Å². The van der Waals surface area contributed by atoms with Crippen LogP contribution < -0.4 is 11.1 Å². The van der Waals surface area contributed by atoms with E-state index in [1.807, 2.05) is 25.1 Å². The molecule has 1 aromatic heterocycles. The highest BCUT2D eigenvalue weighted by Gasteiger charge is 2.08. The van der Waals surface area contributed by atoms with Crippen molar-refractivity contribution in [3.05, 3.63) is 41.6 Å². The molecule has 116 valence electrons. The molecule has 3 N–H and O–H groups in total. The lowest BCUT2D eigenvalue weighted by molar-refractivity contribution is -0.113. The van der Waals surface area contributed by atoms with Crippen LogP contribution in [-0.2, 0) is 4.79 Å². The SMILES string of the molecule is Cc1cc(N)nc(SCC(=O)Nc2cccc(C(C)C)c2)n1. The van der Waals surface area contributed by atoms with Crippen LogP contribution in [0.5, 0.6) is 0 Å². The van der Waals surface area contributed by atoms with Crippen molar-refractivity contribution in [2.24, 2.45) is 0 Å². The molecule has 2 aromatic rings. The molecular weight excluding hydrogens is 296 g/mol. The maximum atomic E-state index is 12.0. The summed E-state index contributed by atoms with van der Waals surface area (Å²) < 4.78 is 0. The second-order valence-corrected chi connectivity index (χ2v) is 6.28. The number of rotatable bonds is 5. The molecule has 5 nitrogen and oxygen atoms in total. The van der Waals surface area contributed by atoms with Crippen LogP contribution in [0.25, 0.3) is 0 Å². The van der Waals surface area contributed by atoms with Gasteiger partial charge in [0.15, 0.2) is 5.16 Å². The molecule has 0 unspecified atom stereocenters. The van der Waals surface area contributed by atoms with Crippen molar-refractivity contribution in [1.82, 2.24) is 9.97 Å². The fourth-order valence-electron chi connectivity index (χ4n) is 1.93. The Morgan fingerprint density at radius 2 is 2.09 bits per heavy atom. The van der Waals surface area contributed by atoms with Crippen LogP contribution in [0.4, 0.5) is 11.5 Å². The van der Waals surface area contributed by atoms with E-state index in [1.54, 1.807) is 6.07 Å². The van der Waals surface area contributed by atoms with Gasteiger partial charge in [-0.2, -0.15) is 0 Å². The molecule has 0 aliphatic heterocycles. The first-order chi connectivity index (χ1) is 10.4. The molecule has 1 aromatic carbocycles. The minimum atomic E-state index is -0.0883. The summed E-state index contributed by atoms with van der Waals surface area (Å²) in [5.41, 5.74) is 8.46. The average Bonchev–Trinajstić information content (AvgIpc) is 2.44. The van der Waals surface area contributed by atoms with E-state index < -0.39 is 0 Å². The normalized spacial score (nSPS) is 10.7. The van der Waals surface area contributed by atoms with Crippen LogP contribution in [0, 0.1) is 6.92 Å². The summed E-state index contributed by atoms with van der Waals surface area (Å²) in [5, 5.41) is 3.41. The Morgan fingerprint density at radius 1 is 1.32 bits per heavy atom. The van der Waals surface area contributed by atoms with E-state index in [-0.39, 0.29) is 11.7 Å². The summed E-state index contributed by atoms with van der Waals surface area (Å²) >= 11 is 1.27. The Morgan fingerprint density at radius 3 is 2.77 bits per heavy atom. The number of nitrogens with zero attached hydrogens (tertiary/aromatic N) is 2. The van der Waals surface area contributed by atoms with Gasteiger partial charge in [-0.1, -0.05) is 37.7 Å². The van der Waals surface area contributed by atoms with Gasteiger partial charge in [-0.3, -0.25) is 4.79 Å². The standard InChI is InChI=1S/C16H20N4OS/c1-10(2)12-5-4-6-13(8-12)19-15(21)9-22-16-18-11(3)7-14(17)20-16/h4-8,10H,9H2,1-3H3,(H,19,21)(H2,17,18,20). The number of nitrogens with two attached hydrogens (primary N) is 1. The Bertz CT molecular complexity index is 653. The van der Waals surface area contributed by atoms with Crippen LogP contribution >= 0.6 is 11.8 Å². The zero-order chi connectivity index (χ0) is 16.1. The molecule has 0 bridgehead atoms. The van der Waals surface area contributed by atoms with Crippen molar-refractivity contribution < 1.29 is 4.79 Å². The topological polar surface area (TPSA) is 80.9 Å². The molecule has 6 heteroatoms. The summed E-state index contributed by atoms with van der Waals surface area (Å²) in [4.78, 5) is 20.4. The molecule has 0 saturated heterocycles. The van der Waals surface area contributed by atoms with Gasteiger partial charge in [-0.15, -0.1) is 0 Å². The number of anilines is 2. The third-order valence-corrected chi connectivity index (χ3v) is 3.87. The predicted molar refractivity (Wildman–Crippen MR) is 91.1 cm³/mol. The second kappa shape index (κ2) is 7.26. The highest BCUT2D eigenvalue weighted by molar-refractivity contribution is 7.99. The number of hydrogen-bond donors (Lipinski definition) is 2. The summed E-state index contributed by atoms with van der Waals surface area (Å²) in [6.45, 7) is 6.09. The molecule has 2 rings (SSSR count). The minimum Gasteiger partial charge on any atom is -0.384 e. The first-order valence-electron chi connectivity index (χ1n) is 7.08. The van der Waals surface area contributed by atoms with Crippen molar-refractivity contribution in [3.63, 3.8) is 0 Å². The monoisotopic (exact) mass is 316 g/mol. The lowest BCUT2D eigenvalue weighted by Crippen LogP contribution is -2.14. The molecule has 1 heterocycles. The summed E-state index contributed by atoms with van der Waals surface area (Å²) in [6.07, 6.45) is 0. The second-order valence-electron chi connectivity index (χ2n) is 5.33. The fourth-order valence-corrected chi connectivity index (χ4v) is 2.64. The number of carbonyl (C=O) groups is 1. The van der Waals surface area contributed by atoms with E-state index in [0.29, 0.717) is 16.9 Å². The smallest absolute Gasteiger partial charge is 0.234 e. The molecule has 0 aliphatic carbocycles. The number of hydrogen-bond acceptors (Lipinski definition) is 5. The number of thioether (sulfide) groups is 1.